The summed E-state index contributed by atoms with van der Waals surface area (Å²) in [5.74, 6) is -0.322. The first kappa shape index (κ1) is 10.7. The minimum absolute atomic E-state index is 0.174. The Balaban J connectivity index is 2.78. The predicted octanol–water partition coefficient (Wildman–Crippen LogP) is 1.63. The van der Waals surface area contributed by atoms with Gasteiger partial charge in [-0.3, -0.25) is 0 Å². The first-order valence-corrected chi connectivity index (χ1v) is 4.66. The molecule has 0 spiro atoms. The van der Waals surface area contributed by atoms with Gasteiger partial charge in [0.05, 0.1) is 0 Å². The maximum Gasteiger partial charge on any atom is 0.332 e. The largest absolute Gasteiger partial charge is 0.380 e. The zero-order valence-corrected chi connectivity index (χ0v) is 9.11. The van der Waals surface area contributed by atoms with Gasteiger partial charge in [-0.1, -0.05) is 33.2 Å². The van der Waals surface area contributed by atoms with Gasteiger partial charge in [0, 0.05) is 17.0 Å². The fourth-order valence-electron chi connectivity index (χ4n) is 0.787. The highest BCUT2D eigenvalue weighted by molar-refractivity contribution is 9.10. The lowest BCUT2D eigenvalue weighted by atomic mass is 10.2. The van der Waals surface area contributed by atoms with E-state index in [2.05, 4.69) is 25.9 Å². The van der Waals surface area contributed by atoms with Crippen molar-refractivity contribution in [1.29, 1.82) is 0 Å². The maximum atomic E-state index is 10.4. The van der Waals surface area contributed by atoms with E-state index in [0.29, 0.717) is 5.56 Å². The number of benzene rings is 1. The third kappa shape index (κ3) is 3.18. The highest BCUT2D eigenvalue weighted by Crippen LogP contribution is 2.10. The molecule has 5 heteroatoms. The van der Waals surface area contributed by atoms with Gasteiger partial charge in [-0.25, -0.2) is 4.79 Å². The molecule has 0 radical (unpaired) electrons. The third-order valence-corrected chi connectivity index (χ3v) is 1.94. The highest BCUT2D eigenvalue weighted by atomic mass is 79.9. The lowest BCUT2D eigenvalue weighted by Gasteiger charge is -1.99. The van der Waals surface area contributed by atoms with Gasteiger partial charge >= 0.3 is 5.97 Å². The Morgan fingerprint density at radius 1 is 1.43 bits per heavy atom. The van der Waals surface area contributed by atoms with Gasteiger partial charge in [0.15, 0.2) is 5.84 Å². The number of carbonyl (C=O) groups is 1. The average molecular weight is 257 g/mol. The molecule has 1 aromatic rings. The van der Waals surface area contributed by atoms with Gasteiger partial charge in [0.2, 0.25) is 0 Å². The minimum atomic E-state index is -0.495. The molecule has 0 fully saturated rings. The molecule has 0 bridgehead atoms. The van der Waals surface area contributed by atoms with Crippen LogP contribution in [0.15, 0.2) is 33.9 Å². The maximum absolute atomic E-state index is 10.4. The molecule has 0 saturated carbocycles. The second-order valence-corrected chi connectivity index (χ2v) is 3.48. The van der Waals surface area contributed by atoms with E-state index >= 15 is 0 Å². The standard InChI is InChI=1S/C9H9BrN2O2/c1-6(13)14-12-9(11)7-2-4-8(10)5-3-7/h2-5H,1H3,(H2,11,12). The molecule has 0 aromatic heterocycles. The molecule has 0 saturated heterocycles. The first-order valence-electron chi connectivity index (χ1n) is 3.86. The summed E-state index contributed by atoms with van der Waals surface area (Å²) in [4.78, 5) is 14.8. The number of hydrogen-bond donors (Lipinski definition) is 1. The second-order valence-electron chi connectivity index (χ2n) is 2.57. The molecule has 0 unspecified atom stereocenters. The van der Waals surface area contributed by atoms with Crippen molar-refractivity contribution in [1.82, 2.24) is 0 Å². The number of amidine groups is 1. The normalized spacial score (nSPS) is 11.1. The van der Waals surface area contributed by atoms with Crippen molar-refractivity contribution in [2.24, 2.45) is 10.9 Å². The van der Waals surface area contributed by atoms with Crippen LogP contribution < -0.4 is 5.73 Å². The summed E-state index contributed by atoms with van der Waals surface area (Å²) in [5, 5.41) is 3.45. The molecule has 14 heavy (non-hydrogen) atoms. The Kier molecular flexibility index (Phi) is 3.64. The average Bonchev–Trinajstić information content (AvgIpc) is 2.15. The molecule has 0 aliphatic carbocycles. The quantitative estimate of drug-likeness (QED) is 0.379. The zero-order chi connectivity index (χ0) is 10.6. The van der Waals surface area contributed by atoms with Crippen molar-refractivity contribution in [2.45, 2.75) is 6.92 Å². The molecule has 0 heterocycles. The van der Waals surface area contributed by atoms with Crippen LogP contribution in [-0.4, -0.2) is 11.8 Å². The van der Waals surface area contributed by atoms with E-state index in [-0.39, 0.29) is 5.84 Å². The molecule has 0 aliphatic rings. The summed E-state index contributed by atoms with van der Waals surface area (Å²) in [5.41, 5.74) is 6.25. The van der Waals surface area contributed by atoms with E-state index < -0.39 is 5.97 Å². The monoisotopic (exact) mass is 256 g/mol. The Labute approximate surface area is 89.9 Å². The molecule has 74 valence electrons. The number of hydrogen-bond acceptors (Lipinski definition) is 3. The third-order valence-electron chi connectivity index (χ3n) is 1.41. The van der Waals surface area contributed by atoms with Gasteiger partial charge in [-0.2, -0.15) is 0 Å². The molecule has 2 N–H and O–H groups in total. The van der Waals surface area contributed by atoms with E-state index in [9.17, 15) is 4.79 Å². The van der Waals surface area contributed by atoms with Crippen LogP contribution in [0, 0.1) is 0 Å². The topological polar surface area (TPSA) is 64.7 Å². The SMILES string of the molecule is CC(=O)O/N=C(/N)c1ccc(Br)cc1. The van der Waals surface area contributed by atoms with Crippen LogP contribution in [0.2, 0.25) is 0 Å². The van der Waals surface area contributed by atoms with Crippen molar-refractivity contribution in [3.05, 3.63) is 34.3 Å². The van der Waals surface area contributed by atoms with Crippen molar-refractivity contribution in [3.63, 3.8) is 0 Å². The van der Waals surface area contributed by atoms with Gasteiger partial charge in [0.25, 0.3) is 0 Å². The van der Waals surface area contributed by atoms with E-state index in [0.717, 1.165) is 4.47 Å². The van der Waals surface area contributed by atoms with E-state index in [1.807, 2.05) is 12.1 Å². The molecule has 1 aromatic carbocycles. The molecule has 0 aliphatic heterocycles. The lowest BCUT2D eigenvalue weighted by Crippen LogP contribution is -2.14. The van der Waals surface area contributed by atoms with Gasteiger partial charge in [-0.05, 0) is 12.1 Å². The number of nitrogens with zero attached hydrogens (tertiary/aromatic N) is 1. The van der Waals surface area contributed by atoms with Crippen LogP contribution in [0.5, 0.6) is 0 Å². The summed E-state index contributed by atoms with van der Waals surface area (Å²) >= 11 is 3.29. The second kappa shape index (κ2) is 4.76. The number of nitrogens with two attached hydrogens (primary N) is 1. The Morgan fingerprint density at radius 2 is 2.00 bits per heavy atom. The lowest BCUT2D eigenvalue weighted by molar-refractivity contribution is -0.140. The molecule has 0 atom stereocenters. The summed E-state index contributed by atoms with van der Waals surface area (Å²) in [6, 6.07) is 7.19. The molecular weight excluding hydrogens is 248 g/mol. The van der Waals surface area contributed by atoms with Gasteiger partial charge < -0.3 is 10.6 Å². The van der Waals surface area contributed by atoms with E-state index in [1.165, 1.54) is 6.92 Å². The Bertz CT molecular complexity index is 360. The highest BCUT2D eigenvalue weighted by Gasteiger charge is 1.99. The van der Waals surface area contributed by atoms with Crippen LogP contribution in [-0.2, 0) is 9.63 Å². The summed E-state index contributed by atoms with van der Waals surface area (Å²) < 4.78 is 0.946. The van der Waals surface area contributed by atoms with Crippen molar-refractivity contribution < 1.29 is 9.63 Å². The van der Waals surface area contributed by atoms with Crippen molar-refractivity contribution in [3.8, 4) is 0 Å². The number of rotatable bonds is 2. The van der Waals surface area contributed by atoms with Crippen LogP contribution in [0.1, 0.15) is 12.5 Å². The van der Waals surface area contributed by atoms with Crippen molar-refractivity contribution >= 4 is 27.7 Å². The predicted molar refractivity (Wildman–Crippen MR) is 56.6 cm³/mol. The Morgan fingerprint density at radius 3 is 2.50 bits per heavy atom. The molecule has 0 amide bonds. The molecule has 1 rings (SSSR count). The molecular formula is C9H9BrN2O2. The molecule has 4 nitrogen and oxygen atoms in total. The summed E-state index contributed by atoms with van der Waals surface area (Å²) in [7, 11) is 0. The first-order chi connectivity index (χ1) is 6.59. The fourth-order valence-corrected chi connectivity index (χ4v) is 1.05. The number of carbonyl (C=O) groups excluding carboxylic acids is 1. The smallest absolute Gasteiger partial charge is 0.332 e. The van der Waals surface area contributed by atoms with Crippen LogP contribution in [0.4, 0.5) is 0 Å². The summed E-state index contributed by atoms with van der Waals surface area (Å²) in [6.07, 6.45) is 0. The number of halogens is 1. The minimum Gasteiger partial charge on any atom is -0.380 e. The van der Waals surface area contributed by atoms with Crippen molar-refractivity contribution in [2.75, 3.05) is 0 Å². The van der Waals surface area contributed by atoms with E-state index in [1.54, 1.807) is 12.1 Å². The summed E-state index contributed by atoms with van der Waals surface area (Å²) in [6.45, 7) is 1.26. The van der Waals surface area contributed by atoms with Crippen LogP contribution in [0.25, 0.3) is 0 Å². The van der Waals surface area contributed by atoms with E-state index in [4.69, 9.17) is 5.73 Å². The zero-order valence-electron chi connectivity index (χ0n) is 7.53. The van der Waals surface area contributed by atoms with Crippen LogP contribution in [0.3, 0.4) is 0 Å². The van der Waals surface area contributed by atoms with Gasteiger partial charge in [0.1, 0.15) is 0 Å². The van der Waals surface area contributed by atoms with Gasteiger partial charge in [-0.15, -0.1) is 0 Å². The number of oxime groups is 1. The fraction of sp³-hybridized carbons (Fsp3) is 0.111. The Hall–Kier alpha value is -1.36. The van der Waals surface area contributed by atoms with Crippen LogP contribution >= 0.6 is 15.9 Å².